The van der Waals surface area contributed by atoms with Crippen molar-refractivity contribution in [3.05, 3.63) is 71.0 Å². The van der Waals surface area contributed by atoms with E-state index >= 15 is 0 Å². The van der Waals surface area contributed by atoms with E-state index in [-0.39, 0.29) is 9.70 Å². The van der Waals surface area contributed by atoms with Crippen molar-refractivity contribution < 1.29 is 8.42 Å². The van der Waals surface area contributed by atoms with E-state index in [1.807, 2.05) is 30.3 Å². The molecule has 0 atom stereocenters. The lowest BCUT2D eigenvalue weighted by atomic mass is 10.2. The topological polar surface area (TPSA) is 77.2 Å². The fourth-order valence-electron chi connectivity index (χ4n) is 1.85. The molecular formula is C14H12N4O2S2. The van der Waals surface area contributed by atoms with Crippen LogP contribution in [-0.2, 0) is 16.6 Å². The quantitative estimate of drug-likeness (QED) is 0.728. The number of nitrogens with zero attached hydrogens (tertiary/aromatic N) is 4. The molecule has 0 saturated heterocycles. The number of aromatic nitrogens is 3. The summed E-state index contributed by atoms with van der Waals surface area (Å²) >= 11 is 0.946. The van der Waals surface area contributed by atoms with Gasteiger partial charge in [0.1, 0.15) is 0 Å². The number of rotatable bonds is 4. The molecule has 3 aromatic rings. The van der Waals surface area contributed by atoms with Gasteiger partial charge in [0.25, 0.3) is 10.0 Å². The maximum Gasteiger partial charge on any atom is 0.285 e. The minimum atomic E-state index is -3.76. The summed E-state index contributed by atoms with van der Waals surface area (Å²) in [5.41, 5.74) is 0.994. The van der Waals surface area contributed by atoms with E-state index in [2.05, 4.69) is 14.1 Å². The molecule has 1 aromatic heterocycles. The predicted molar refractivity (Wildman–Crippen MR) is 82.6 cm³/mol. The second-order valence-electron chi connectivity index (χ2n) is 4.47. The fraction of sp³-hybridized carbons (Fsp3) is 0.0714. The molecule has 6 nitrogen and oxygen atoms in total. The van der Waals surface area contributed by atoms with Crippen molar-refractivity contribution in [2.24, 2.45) is 4.40 Å². The molecule has 0 fully saturated rings. The molecule has 2 aromatic carbocycles. The van der Waals surface area contributed by atoms with Crippen LogP contribution in [0.3, 0.4) is 0 Å². The van der Waals surface area contributed by atoms with Gasteiger partial charge in [0.05, 0.1) is 11.4 Å². The maximum atomic E-state index is 12.3. The minimum absolute atomic E-state index is 0.148. The summed E-state index contributed by atoms with van der Waals surface area (Å²) in [5, 5.41) is 3.92. The third-order valence-corrected chi connectivity index (χ3v) is 4.92. The molecule has 0 spiro atoms. The second-order valence-corrected chi connectivity index (χ2v) is 6.78. The van der Waals surface area contributed by atoms with Crippen LogP contribution in [0, 0.1) is 0 Å². The highest BCUT2D eigenvalue weighted by Gasteiger charge is 2.13. The third-order valence-electron chi connectivity index (χ3n) is 2.90. The highest BCUT2D eigenvalue weighted by Crippen LogP contribution is 2.10. The first-order chi connectivity index (χ1) is 10.6. The Morgan fingerprint density at radius 2 is 1.64 bits per heavy atom. The molecule has 22 heavy (non-hydrogen) atoms. The van der Waals surface area contributed by atoms with Crippen molar-refractivity contribution in [1.29, 1.82) is 0 Å². The molecule has 0 unspecified atom stereocenters. The molecule has 0 amide bonds. The number of hydrogen-bond donors (Lipinski definition) is 0. The Kier molecular flexibility index (Phi) is 4.12. The Morgan fingerprint density at radius 3 is 2.32 bits per heavy atom. The molecular weight excluding hydrogens is 320 g/mol. The van der Waals surface area contributed by atoms with E-state index in [4.69, 9.17) is 0 Å². The van der Waals surface area contributed by atoms with Gasteiger partial charge >= 0.3 is 0 Å². The average molecular weight is 332 g/mol. The summed E-state index contributed by atoms with van der Waals surface area (Å²) in [4.78, 5) is 0.391. The van der Waals surface area contributed by atoms with E-state index < -0.39 is 10.0 Å². The number of sulfonamides is 1. The summed E-state index contributed by atoms with van der Waals surface area (Å²) in [5.74, 6) is 0. The molecule has 0 aliphatic carbocycles. The Balaban J connectivity index is 1.98. The van der Waals surface area contributed by atoms with Crippen molar-refractivity contribution >= 4 is 21.6 Å². The summed E-state index contributed by atoms with van der Waals surface area (Å²) in [6.45, 7) is 0.417. The van der Waals surface area contributed by atoms with Gasteiger partial charge in [-0.1, -0.05) is 58.2 Å². The van der Waals surface area contributed by atoms with Crippen LogP contribution in [0.15, 0.2) is 70.0 Å². The first-order valence-corrected chi connectivity index (χ1v) is 8.66. The van der Waals surface area contributed by atoms with Crippen molar-refractivity contribution in [1.82, 2.24) is 14.4 Å². The van der Waals surface area contributed by atoms with Crippen LogP contribution >= 0.6 is 11.5 Å². The van der Waals surface area contributed by atoms with E-state index in [9.17, 15) is 8.42 Å². The first kappa shape index (κ1) is 14.6. The Labute approximate surface area is 131 Å². The smallest absolute Gasteiger partial charge is 0.213 e. The zero-order valence-corrected chi connectivity index (χ0v) is 13.0. The lowest BCUT2D eigenvalue weighted by Gasteiger charge is -2.00. The summed E-state index contributed by atoms with van der Waals surface area (Å²) in [6, 6.07) is 17.7. The van der Waals surface area contributed by atoms with Crippen LogP contribution < -0.4 is 4.80 Å². The van der Waals surface area contributed by atoms with Crippen molar-refractivity contribution in [3.8, 4) is 0 Å². The zero-order chi connectivity index (χ0) is 15.4. The van der Waals surface area contributed by atoms with E-state index in [0.29, 0.717) is 6.54 Å². The van der Waals surface area contributed by atoms with Crippen LogP contribution in [0.25, 0.3) is 0 Å². The molecule has 0 N–H and O–H groups in total. The average Bonchev–Trinajstić information content (AvgIpc) is 2.95. The molecule has 0 bridgehead atoms. The van der Waals surface area contributed by atoms with Crippen LogP contribution in [0.1, 0.15) is 5.56 Å². The summed E-state index contributed by atoms with van der Waals surface area (Å²) in [6.07, 6.45) is 0. The molecule has 0 aliphatic heterocycles. The monoisotopic (exact) mass is 332 g/mol. The lowest BCUT2D eigenvalue weighted by Crippen LogP contribution is -2.19. The minimum Gasteiger partial charge on any atom is -0.213 e. The van der Waals surface area contributed by atoms with Crippen molar-refractivity contribution in [2.75, 3.05) is 0 Å². The molecule has 112 valence electrons. The highest BCUT2D eigenvalue weighted by molar-refractivity contribution is 7.90. The molecule has 0 radical (unpaired) electrons. The van der Waals surface area contributed by atoms with Gasteiger partial charge in [0.15, 0.2) is 0 Å². The van der Waals surface area contributed by atoms with Gasteiger partial charge in [0, 0.05) is 11.5 Å². The standard InChI is InChI=1S/C14H12N4O2S2/c19-22(20,13-9-5-2-6-10-13)15-14-18(16-17-21-14)11-12-7-3-1-4-8-12/h1-10H,11H2/b15-14-. The Bertz CT molecular complexity index is 916. The van der Waals surface area contributed by atoms with Gasteiger partial charge < -0.3 is 0 Å². The Morgan fingerprint density at radius 1 is 1.00 bits per heavy atom. The second kappa shape index (κ2) is 6.20. The molecule has 1 heterocycles. The van der Waals surface area contributed by atoms with E-state index in [0.717, 1.165) is 17.1 Å². The van der Waals surface area contributed by atoms with Gasteiger partial charge in [-0.15, -0.1) is 4.40 Å². The van der Waals surface area contributed by atoms with E-state index in [1.54, 1.807) is 18.2 Å². The molecule has 8 heteroatoms. The Hall–Kier alpha value is -2.32. The summed E-state index contributed by atoms with van der Waals surface area (Å²) < 4.78 is 33.7. The fourth-order valence-corrected chi connectivity index (χ4v) is 3.58. The largest absolute Gasteiger partial charge is 0.285 e. The van der Waals surface area contributed by atoms with Gasteiger partial charge in [-0.3, -0.25) is 0 Å². The third kappa shape index (κ3) is 3.29. The first-order valence-electron chi connectivity index (χ1n) is 6.45. The molecule has 3 rings (SSSR count). The van der Waals surface area contributed by atoms with Gasteiger partial charge in [-0.25, -0.2) is 4.68 Å². The van der Waals surface area contributed by atoms with Crippen molar-refractivity contribution in [3.63, 3.8) is 0 Å². The number of hydrogen-bond acceptors (Lipinski definition) is 5. The van der Waals surface area contributed by atoms with Crippen LogP contribution in [0.5, 0.6) is 0 Å². The lowest BCUT2D eigenvalue weighted by molar-refractivity contribution is 0.590. The normalized spacial score (nSPS) is 12.5. The zero-order valence-electron chi connectivity index (χ0n) is 11.4. The molecule has 0 saturated carbocycles. The molecule has 0 aliphatic rings. The summed E-state index contributed by atoms with van der Waals surface area (Å²) in [7, 11) is -3.76. The number of benzene rings is 2. The highest BCUT2D eigenvalue weighted by atomic mass is 32.2. The van der Waals surface area contributed by atoms with Gasteiger partial charge in [-0.05, 0) is 17.7 Å². The predicted octanol–water partition coefficient (Wildman–Crippen LogP) is 1.68. The van der Waals surface area contributed by atoms with Crippen molar-refractivity contribution in [2.45, 2.75) is 11.4 Å². The van der Waals surface area contributed by atoms with Crippen LogP contribution in [0.2, 0.25) is 0 Å². The van der Waals surface area contributed by atoms with Gasteiger partial charge in [0.2, 0.25) is 4.80 Å². The van der Waals surface area contributed by atoms with Crippen LogP contribution in [-0.4, -0.2) is 22.8 Å². The van der Waals surface area contributed by atoms with Gasteiger partial charge in [-0.2, -0.15) is 8.42 Å². The maximum absolute atomic E-state index is 12.3. The van der Waals surface area contributed by atoms with E-state index in [1.165, 1.54) is 16.8 Å². The van der Waals surface area contributed by atoms with Crippen LogP contribution in [0.4, 0.5) is 0 Å². The SMILES string of the molecule is O=S(=O)(/N=c1\snnn1Cc1ccccc1)c1ccccc1.